The van der Waals surface area contributed by atoms with Crippen LogP contribution in [0.5, 0.6) is 11.5 Å². The second kappa shape index (κ2) is 11.1. The highest BCUT2D eigenvalue weighted by atomic mass is 127. The summed E-state index contributed by atoms with van der Waals surface area (Å²) in [6, 6.07) is 5.87. The maximum Gasteiger partial charge on any atom is 0.188 e. The molecule has 0 saturated carbocycles. The molecule has 0 bridgehead atoms. The number of thiazole rings is 1. The van der Waals surface area contributed by atoms with E-state index in [-0.39, 0.29) is 24.0 Å². The van der Waals surface area contributed by atoms with Gasteiger partial charge in [0, 0.05) is 26.0 Å². The monoisotopic (exact) mass is 491 g/mol. The van der Waals surface area contributed by atoms with Crippen molar-refractivity contribution in [1.29, 1.82) is 0 Å². The van der Waals surface area contributed by atoms with Crippen molar-refractivity contribution in [2.24, 2.45) is 10.7 Å². The Hall–Kier alpha value is -1.75. The lowest BCUT2D eigenvalue weighted by Crippen LogP contribution is -2.33. The van der Waals surface area contributed by atoms with Gasteiger partial charge in [0.05, 0.1) is 26.5 Å². The molecule has 2 rings (SSSR count). The molecule has 0 aliphatic carbocycles. The van der Waals surface area contributed by atoms with Crippen molar-refractivity contribution >= 4 is 46.4 Å². The van der Waals surface area contributed by atoms with Crippen LogP contribution in [0.3, 0.4) is 0 Å². The quantitative estimate of drug-likeness (QED) is 0.336. The molecular formula is C17H26IN5O2S. The average molecular weight is 491 g/mol. The number of methoxy groups -OCH3 is 2. The van der Waals surface area contributed by atoms with Gasteiger partial charge in [0.15, 0.2) is 22.6 Å². The molecule has 26 heavy (non-hydrogen) atoms. The van der Waals surface area contributed by atoms with E-state index in [4.69, 9.17) is 15.2 Å². The highest BCUT2D eigenvalue weighted by molar-refractivity contribution is 14.0. The Kier molecular flexibility index (Phi) is 9.49. The number of rotatable bonds is 8. The first-order valence-corrected chi connectivity index (χ1v) is 8.78. The van der Waals surface area contributed by atoms with Crippen molar-refractivity contribution in [3.05, 3.63) is 34.8 Å². The Balaban J connectivity index is 0.00000338. The van der Waals surface area contributed by atoms with Gasteiger partial charge in [-0.25, -0.2) is 9.98 Å². The minimum absolute atomic E-state index is 0. The van der Waals surface area contributed by atoms with Gasteiger partial charge in [0.1, 0.15) is 0 Å². The first kappa shape index (κ1) is 22.3. The lowest BCUT2D eigenvalue weighted by atomic mass is 10.1. The van der Waals surface area contributed by atoms with Crippen molar-refractivity contribution in [3.8, 4) is 11.5 Å². The fraction of sp³-hybridized carbons (Fsp3) is 0.412. The first-order valence-electron chi connectivity index (χ1n) is 7.90. The highest BCUT2D eigenvalue weighted by Gasteiger charge is 2.05. The topological polar surface area (TPSA) is 85.0 Å². The van der Waals surface area contributed by atoms with E-state index in [0.29, 0.717) is 19.0 Å². The smallest absolute Gasteiger partial charge is 0.188 e. The zero-order valence-corrected chi connectivity index (χ0v) is 18.6. The summed E-state index contributed by atoms with van der Waals surface area (Å²) in [4.78, 5) is 10.8. The second-order valence-corrected chi connectivity index (χ2v) is 6.42. The number of halogens is 1. The first-order chi connectivity index (χ1) is 12.0. The van der Waals surface area contributed by atoms with Crippen molar-refractivity contribution in [2.45, 2.75) is 13.0 Å². The maximum absolute atomic E-state index is 5.91. The molecule has 0 radical (unpaired) electrons. The second-order valence-electron chi connectivity index (χ2n) is 5.58. The SMILES string of the molecule is COc1ccc(CCNC(N)=NCc2csc(N(C)C)n2)cc1OC.I. The predicted molar refractivity (Wildman–Crippen MR) is 118 cm³/mol. The van der Waals surface area contributed by atoms with Crippen LogP contribution in [-0.4, -0.2) is 45.8 Å². The zero-order chi connectivity index (χ0) is 18.2. The number of hydrogen-bond donors (Lipinski definition) is 2. The van der Waals surface area contributed by atoms with Crippen LogP contribution in [0.2, 0.25) is 0 Å². The van der Waals surface area contributed by atoms with Crippen molar-refractivity contribution in [2.75, 3.05) is 39.8 Å². The zero-order valence-electron chi connectivity index (χ0n) is 15.5. The van der Waals surface area contributed by atoms with Crippen molar-refractivity contribution in [1.82, 2.24) is 10.3 Å². The van der Waals surface area contributed by atoms with Crippen LogP contribution in [0.1, 0.15) is 11.3 Å². The summed E-state index contributed by atoms with van der Waals surface area (Å²) in [5.74, 6) is 1.86. The van der Waals surface area contributed by atoms with E-state index in [1.807, 2.05) is 42.6 Å². The molecule has 3 N–H and O–H groups in total. The summed E-state index contributed by atoms with van der Waals surface area (Å²) in [5, 5.41) is 6.08. The van der Waals surface area contributed by atoms with Crippen LogP contribution in [-0.2, 0) is 13.0 Å². The molecule has 0 spiro atoms. The van der Waals surface area contributed by atoms with E-state index >= 15 is 0 Å². The summed E-state index contributed by atoms with van der Waals surface area (Å²) < 4.78 is 10.5. The summed E-state index contributed by atoms with van der Waals surface area (Å²) in [5.41, 5.74) is 7.96. The molecule has 0 amide bonds. The molecule has 0 fully saturated rings. The molecule has 144 valence electrons. The van der Waals surface area contributed by atoms with Gasteiger partial charge in [-0.1, -0.05) is 6.07 Å². The van der Waals surface area contributed by atoms with E-state index in [9.17, 15) is 0 Å². The number of benzene rings is 1. The van der Waals surface area contributed by atoms with Gasteiger partial charge in [-0.2, -0.15) is 0 Å². The maximum atomic E-state index is 5.91. The third-order valence-corrected chi connectivity index (χ3v) is 4.56. The summed E-state index contributed by atoms with van der Waals surface area (Å²) in [6.07, 6.45) is 0.804. The fourth-order valence-corrected chi connectivity index (χ4v) is 2.92. The third-order valence-electron chi connectivity index (χ3n) is 3.50. The molecule has 0 aliphatic rings. The van der Waals surface area contributed by atoms with Gasteiger partial charge in [-0.3, -0.25) is 0 Å². The molecule has 9 heteroatoms. The number of aromatic nitrogens is 1. The molecule has 1 aromatic heterocycles. The number of nitrogens with two attached hydrogens (primary N) is 1. The number of aliphatic imine (C=N–C) groups is 1. The predicted octanol–water partition coefficient (Wildman–Crippen LogP) is 2.49. The number of nitrogens with zero attached hydrogens (tertiary/aromatic N) is 3. The molecule has 2 aromatic rings. The van der Waals surface area contributed by atoms with E-state index < -0.39 is 0 Å². The fourth-order valence-electron chi connectivity index (χ4n) is 2.17. The third kappa shape index (κ3) is 6.52. The van der Waals surface area contributed by atoms with Gasteiger partial charge >= 0.3 is 0 Å². The molecule has 0 saturated heterocycles. The van der Waals surface area contributed by atoms with Crippen molar-refractivity contribution < 1.29 is 9.47 Å². The number of ether oxygens (including phenoxy) is 2. The molecule has 1 heterocycles. The lowest BCUT2D eigenvalue weighted by molar-refractivity contribution is 0.354. The van der Waals surface area contributed by atoms with Crippen LogP contribution in [0.15, 0.2) is 28.6 Å². The molecule has 0 atom stereocenters. The normalized spacial score (nSPS) is 10.8. The van der Waals surface area contributed by atoms with Crippen molar-refractivity contribution in [3.63, 3.8) is 0 Å². The van der Waals surface area contributed by atoms with Crippen LogP contribution in [0, 0.1) is 0 Å². The van der Waals surface area contributed by atoms with E-state index in [1.165, 1.54) is 0 Å². The molecule has 0 aliphatic heterocycles. The Morgan fingerprint density at radius 3 is 2.62 bits per heavy atom. The minimum atomic E-state index is 0. The van der Waals surface area contributed by atoms with Gasteiger partial charge in [-0.15, -0.1) is 35.3 Å². The van der Waals surface area contributed by atoms with Gasteiger partial charge in [-0.05, 0) is 24.1 Å². The van der Waals surface area contributed by atoms with Crippen LogP contribution in [0.25, 0.3) is 0 Å². The van der Waals surface area contributed by atoms with Gasteiger partial charge < -0.3 is 25.4 Å². The van der Waals surface area contributed by atoms with E-state index in [2.05, 4.69) is 15.3 Å². The van der Waals surface area contributed by atoms with E-state index in [0.717, 1.165) is 34.3 Å². The van der Waals surface area contributed by atoms with Crippen LogP contribution < -0.4 is 25.4 Å². The number of hydrogen-bond acceptors (Lipinski definition) is 6. The van der Waals surface area contributed by atoms with Gasteiger partial charge in [0.25, 0.3) is 0 Å². The molecule has 0 unspecified atom stereocenters. The number of guanidine groups is 1. The average Bonchev–Trinajstić information content (AvgIpc) is 3.09. The Morgan fingerprint density at radius 2 is 2.00 bits per heavy atom. The standard InChI is InChI=1S/C17H25N5O2S.HI/c1-22(2)17-21-13(11-25-17)10-20-16(18)19-8-7-12-5-6-14(23-3)15(9-12)24-4;/h5-6,9,11H,7-8,10H2,1-4H3,(H3,18,19,20);1H. The largest absolute Gasteiger partial charge is 0.493 e. The summed E-state index contributed by atoms with van der Waals surface area (Å²) in [6.45, 7) is 1.16. The molecular weight excluding hydrogens is 465 g/mol. The van der Waals surface area contributed by atoms with Crippen LogP contribution >= 0.6 is 35.3 Å². The van der Waals surface area contributed by atoms with Crippen LogP contribution in [0.4, 0.5) is 5.13 Å². The van der Waals surface area contributed by atoms with E-state index in [1.54, 1.807) is 25.6 Å². The number of anilines is 1. The molecule has 7 nitrogen and oxygen atoms in total. The lowest BCUT2D eigenvalue weighted by Gasteiger charge is -2.10. The highest BCUT2D eigenvalue weighted by Crippen LogP contribution is 2.27. The summed E-state index contributed by atoms with van der Waals surface area (Å²) >= 11 is 1.59. The summed E-state index contributed by atoms with van der Waals surface area (Å²) in [7, 11) is 7.19. The molecule has 1 aromatic carbocycles. The van der Waals surface area contributed by atoms with Gasteiger partial charge in [0.2, 0.25) is 0 Å². The number of nitrogens with one attached hydrogen (secondary N) is 1. The Morgan fingerprint density at radius 1 is 1.27 bits per heavy atom. The Labute approximate surface area is 175 Å². The Bertz CT molecular complexity index is 721. The minimum Gasteiger partial charge on any atom is -0.493 e.